The lowest BCUT2D eigenvalue weighted by atomic mass is 10.1. The first-order valence-electron chi connectivity index (χ1n) is 9.41. The van der Waals surface area contributed by atoms with Crippen molar-refractivity contribution in [2.45, 2.75) is 52.5 Å². The van der Waals surface area contributed by atoms with Crippen LogP contribution in [0.5, 0.6) is 0 Å². The van der Waals surface area contributed by atoms with E-state index in [4.69, 9.17) is 4.52 Å². The Morgan fingerprint density at radius 2 is 2.14 bits per heavy atom. The van der Waals surface area contributed by atoms with E-state index in [9.17, 15) is 13.2 Å². The Morgan fingerprint density at radius 3 is 2.82 bits per heavy atom. The van der Waals surface area contributed by atoms with E-state index in [0.717, 1.165) is 36.3 Å². The van der Waals surface area contributed by atoms with Gasteiger partial charge in [0.1, 0.15) is 15.6 Å². The molecule has 2 aromatic rings. The molecule has 152 valence electrons. The minimum atomic E-state index is -3.03. The average Bonchev–Trinajstić information content (AvgIpc) is 3.28. The molecule has 1 aliphatic rings. The molecule has 0 radical (unpaired) electrons. The Morgan fingerprint density at radius 1 is 1.36 bits per heavy atom. The lowest BCUT2D eigenvalue weighted by Gasteiger charge is -2.09. The molecule has 28 heavy (non-hydrogen) atoms. The third-order valence-corrected chi connectivity index (χ3v) is 7.62. The number of nitrogens with zero attached hydrogens (tertiary/aromatic N) is 2. The summed E-state index contributed by atoms with van der Waals surface area (Å²) in [6.45, 7) is 5.80. The maximum atomic E-state index is 12.5. The fourth-order valence-corrected chi connectivity index (χ4v) is 5.72. The fourth-order valence-electron chi connectivity index (χ4n) is 3.18. The summed E-state index contributed by atoms with van der Waals surface area (Å²) < 4.78 is 28.4. The monoisotopic (exact) mass is 423 g/mol. The Kier molecular flexibility index (Phi) is 6.34. The quantitative estimate of drug-likeness (QED) is 0.734. The number of amides is 1. The van der Waals surface area contributed by atoms with Gasteiger partial charge in [-0.25, -0.2) is 13.4 Å². The van der Waals surface area contributed by atoms with Gasteiger partial charge >= 0.3 is 0 Å². The Balaban J connectivity index is 1.71. The second-order valence-corrected chi connectivity index (χ2v) is 10.3. The molecule has 9 heteroatoms. The first-order valence-corrected chi connectivity index (χ1v) is 12.0. The summed E-state index contributed by atoms with van der Waals surface area (Å²) in [4.78, 5) is 17.5. The summed E-state index contributed by atoms with van der Waals surface area (Å²) in [6, 6.07) is -0.321. The van der Waals surface area contributed by atoms with Crippen LogP contribution in [0.1, 0.15) is 63.6 Å². The number of carbonyl (C=O) groups is 1. The molecule has 1 unspecified atom stereocenters. The molecule has 1 atom stereocenters. The molecule has 1 fully saturated rings. The van der Waals surface area contributed by atoms with Crippen molar-refractivity contribution >= 4 is 39.2 Å². The maximum absolute atomic E-state index is 12.5. The standard InChI is InChI=1S/C19H25N3O4S2/c1-4-5-6-16-15(13(3)26-22-16)7-8-17-20-12(2)18(27-17)19(23)21-14-9-10-28(24,25)11-14/h7-8,14H,4-6,9-11H2,1-3H3,(H,21,23). The number of hydrogen-bond donors (Lipinski definition) is 1. The smallest absolute Gasteiger partial charge is 0.263 e. The molecular formula is C19H25N3O4S2. The minimum absolute atomic E-state index is 0.0106. The lowest BCUT2D eigenvalue weighted by molar-refractivity contribution is 0.0944. The number of unbranched alkanes of at least 4 members (excludes halogenated alkanes) is 1. The van der Waals surface area contributed by atoms with Gasteiger partial charge in [-0.3, -0.25) is 4.79 Å². The summed E-state index contributed by atoms with van der Waals surface area (Å²) in [7, 11) is -3.03. The normalized spacial score (nSPS) is 18.8. The first kappa shape index (κ1) is 20.7. The van der Waals surface area contributed by atoms with Crippen LogP contribution in [0, 0.1) is 13.8 Å². The number of sulfone groups is 1. The van der Waals surface area contributed by atoms with Gasteiger partial charge < -0.3 is 9.84 Å². The SMILES string of the molecule is CCCCc1noc(C)c1C=Cc1nc(C)c(C(=O)NC2CCS(=O)(=O)C2)s1. The van der Waals surface area contributed by atoms with Crippen LogP contribution >= 0.6 is 11.3 Å². The van der Waals surface area contributed by atoms with Crippen molar-refractivity contribution in [3.63, 3.8) is 0 Å². The van der Waals surface area contributed by atoms with Crippen molar-refractivity contribution < 1.29 is 17.7 Å². The highest BCUT2D eigenvalue weighted by atomic mass is 32.2. The average molecular weight is 424 g/mol. The molecule has 1 aliphatic heterocycles. The zero-order chi connectivity index (χ0) is 20.3. The minimum Gasteiger partial charge on any atom is -0.361 e. The van der Waals surface area contributed by atoms with Crippen LogP contribution < -0.4 is 5.32 Å². The number of hydrogen-bond acceptors (Lipinski definition) is 7. The molecule has 0 aromatic carbocycles. The van der Waals surface area contributed by atoms with E-state index in [1.807, 2.05) is 19.1 Å². The van der Waals surface area contributed by atoms with Gasteiger partial charge in [0.15, 0.2) is 9.84 Å². The second kappa shape index (κ2) is 8.57. The van der Waals surface area contributed by atoms with Crippen LogP contribution in [0.4, 0.5) is 0 Å². The number of nitrogens with one attached hydrogen (secondary N) is 1. The molecule has 3 heterocycles. The molecule has 1 N–H and O–H groups in total. The third kappa shape index (κ3) is 4.88. The predicted octanol–water partition coefficient (Wildman–Crippen LogP) is 3.18. The van der Waals surface area contributed by atoms with Crippen molar-refractivity contribution in [2.75, 3.05) is 11.5 Å². The molecule has 1 saturated heterocycles. The van der Waals surface area contributed by atoms with Crippen LogP contribution in [0.2, 0.25) is 0 Å². The van der Waals surface area contributed by atoms with Crippen molar-refractivity contribution in [1.29, 1.82) is 0 Å². The van der Waals surface area contributed by atoms with Crippen LogP contribution in [0.3, 0.4) is 0 Å². The molecule has 0 bridgehead atoms. The molecule has 2 aromatic heterocycles. The highest BCUT2D eigenvalue weighted by Gasteiger charge is 2.30. The Labute approximate surface area is 169 Å². The summed E-state index contributed by atoms with van der Waals surface area (Å²) in [5.41, 5.74) is 2.53. The van der Waals surface area contributed by atoms with Gasteiger partial charge in [0, 0.05) is 11.6 Å². The van der Waals surface area contributed by atoms with Gasteiger partial charge in [-0.05, 0) is 45.3 Å². The summed E-state index contributed by atoms with van der Waals surface area (Å²) in [5.74, 6) is 0.639. The van der Waals surface area contributed by atoms with Gasteiger partial charge in [-0.2, -0.15) is 0 Å². The topological polar surface area (TPSA) is 102 Å². The van der Waals surface area contributed by atoms with Gasteiger partial charge in [0.2, 0.25) is 0 Å². The summed E-state index contributed by atoms with van der Waals surface area (Å²) in [5, 5.41) is 7.66. The van der Waals surface area contributed by atoms with E-state index in [0.29, 0.717) is 22.0 Å². The number of aromatic nitrogens is 2. The first-order chi connectivity index (χ1) is 13.3. The van der Waals surface area contributed by atoms with Crippen molar-refractivity contribution in [1.82, 2.24) is 15.5 Å². The molecular weight excluding hydrogens is 398 g/mol. The van der Waals surface area contributed by atoms with E-state index >= 15 is 0 Å². The van der Waals surface area contributed by atoms with Crippen molar-refractivity contribution in [3.05, 3.63) is 32.6 Å². The molecule has 1 amide bonds. The summed E-state index contributed by atoms with van der Waals surface area (Å²) in [6.07, 6.45) is 7.25. The number of carbonyl (C=O) groups excluding carboxylic acids is 1. The van der Waals surface area contributed by atoms with E-state index < -0.39 is 9.84 Å². The number of aryl methyl sites for hydroxylation is 3. The second-order valence-electron chi connectivity index (χ2n) is 7.08. The van der Waals surface area contributed by atoms with Crippen LogP contribution in [0.25, 0.3) is 12.2 Å². The molecule has 7 nitrogen and oxygen atoms in total. The van der Waals surface area contributed by atoms with Crippen molar-refractivity contribution in [2.24, 2.45) is 0 Å². The van der Waals surface area contributed by atoms with Gasteiger partial charge in [0.05, 0.1) is 22.9 Å². The van der Waals surface area contributed by atoms with Gasteiger partial charge in [-0.1, -0.05) is 18.5 Å². The summed E-state index contributed by atoms with van der Waals surface area (Å²) >= 11 is 1.29. The zero-order valence-corrected chi connectivity index (χ0v) is 18.0. The van der Waals surface area contributed by atoms with Crippen molar-refractivity contribution in [3.8, 4) is 0 Å². The molecule has 0 saturated carbocycles. The maximum Gasteiger partial charge on any atom is 0.263 e. The number of thiazole rings is 1. The molecule has 0 aliphatic carbocycles. The van der Waals surface area contributed by atoms with Gasteiger partial charge in [0.25, 0.3) is 5.91 Å². The van der Waals surface area contributed by atoms with E-state index in [-0.39, 0.29) is 23.5 Å². The zero-order valence-electron chi connectivity index (χ0n) is 16.3. The number of rotatable bonds is 7. The highest BCUT2D eigenvalue weighted by Crippen LogP contribution is 2.23. The van der Waals surface area contributed by atoms with Crippen LogP contribution in [-0.4, -0.2) is 42.0 Å². The Hall–Kier alpha value is -2.00. The van der Waals surface area contributed by atoms with E-state index in [1.54, 1.807) is 6.92 Å². The van der Waals surface area contributed by atoms with Crippen LogP contribution in [0.15, 0.2) is 4.52 Å². The fraction of sp³-hybridized carbons (Fsp3) is 0.526. The van der Waals surface area contributed by atoms with Crippen LogP contribution in [-0.2, 0) is 16.3 Å². The van der Waals surface area contributed by atoms with E-state index in [1.165, 1.54) is 11.3 Å². The predicted molar refractivity (Wildman–Crippen MR) is 110 cm³/mol. The van der Waals surface area contributed by atoms with Gasteiger partial charge in [-0.15, -0.1) is 11.3 Å². The highest BCUT2D eigenvalue weighted by molar-refractivity contribution is 7.91. The molecule has 0 spiro atoms. The van der Waals surface area contributed by atoms with E-state index in [2.05, 4.69) is 22.4 Å². The molecule has 3 rings (SSSR count). The lowest BCUT2D eigenvalue weighted by Crippen LogP contribution is -2.35. The Bertz CT molecular complexity index is 989. The largest absolute Gasteiger partial charge is 0.361 e. The third-order valence-electron chi connectivity index (χ3n) is 4.73.